The highest BCUT2D eigenvalue weighted by atomic mass is 19.1. The number of halogens is 1. The fraction of sp³-hybridized carbons (Fsp3) is 0.417. The van der Waals surface area contributed by atoms with Crippen molar-refractivity contribution in [2.45, 2.75) is 38.0 Å². The van der Waals surface area contributed by atoms with Crippen molar-refractivity contribution in [3.63, 3.8) is 0 Å². The van der Waals surface area contributed by atoms with Crippen molar-refractivity contribution in [2.75, 3.05) is 7.11 Å². The van der Waals surface area contributed by atoms with Crippen LogP contribution in [-0.2, 0) is 11.3 Å². The van der Waals surface area contributed by atoms with E-state index in [0.29, 0.717) is 36.4 Å². The lowest BCUT2D eigenvalue weighted by atomic mass is 9.60. The molecule has 1 spiro atoms. The van der Waals surface area contributed by atoms with Crippen LogP contribution in [0.15, 0.2) is 42.5 Å². The monoisotopic (exact) mass is 424 g/mol. The first-order chi connectivity index (χ1) is 15.0. The maximum atomic E-state index is 13.1. The molecule has 4 atom stereocenters. The molecule has 162 valence electrons. The summed E-state index contributed by atoms with van der Waals surface area (Å²) in [6, 6.07) is 11.3. The number of carbonyl (C=O) groups excluding carboxylic acids is 2. The van der Waals surface area contributed by atoms with Gasteiger partial charge in [-0.05, 0) is 55.0 Å². The Bertz CT molecular complexity index is 1020. The van der Waals surface area contributed by atoms with Gasteiger partial charge in [-0.1, -0.05) is 12.1 Å². The Morgan fingerprint density at radius 1 is 1.26 bits per heavy atom. The van der Waals surface area contributed by atoms with Crippen LogP contribution in [0.1, 0.15) is 41.6 Å². The lowest BCUT2D eigenvalue weighted by molar-refractivity contribution is -0.146. The van der Waals surface area contributed by atoms with Crippen molar-refractivity contribution >= 4 is 11.8 Å². The van der Waals surface area contributed by atoms with E-state index in [1.54, 1.807) is 37.4 Å². The Morgan fingerprint density at radius 2 is 2.06 bits per heavy atom. The molecule has 31 heavy (non-hydrogen) atoms. The number of methoxy groups -OCH3 is 1. The molecule has 3 aliphatic carbocycles. The number of rotatable bonds is 4. The van der Waals surface area contributed by atoms with Gasteiger partial charge < -0.3 is 20.1 Å². The summed E-state index contributed by atoms with van der Waals surface area (Å²) in [5.74, 6) is 0.825. The molecule has 3 fully saturated rings. The zero-order valence-electron chi connectivity index (χ0n) is 17.3. The molecule has 6 rings (SSSR count). The number of carbonyl (C=O) groups is 2. The van der Waals surface area contributed by atoms with E-state index in [1.165, 1.54) is 12.1 Å². The van der Waals surface area contributed by atoms with Gasteiger partial charge in [-0.3, -0.25) is 9.59 Å². The highest BCUT2D eigenvalue weighted by molar-refractivity contribution is 5.98. The van der Waals surface area contributed by atoms with Gasteiger partial charge in [-0.15, -0.1) is 0 Å². The molecule has 2 aromatic rings. The van der Waals surface area contributed by atoms with Crippen molar-refractivity contribution < 1.29 is 23.5 Å². The summed E-state index contributed by atoms with van der Waals surface area (Å²) < 4.78 is 24.8. The predicted molar refractivity (Wildman–Crippen MR) is 111 cm³/mol. The van der Waals surface area contributed by atoms with E-state index in [4.69, 9.17) is 9.47 Å². The Morgan fingerprint density at radius 3 is 2.77 bits per heavy atom. The number of benzene rings is 2. The molecule has 4 aliphatic rings. The van der Waals surface area contributed by atoms with Gasteiger partial charge in [0.1, 0.15) is 17.3 Å². The molecule has 3 saturated carbocycles. The largest absolute Gasteiger partial charge is 0.497 e. The second-order valence-electron chi connectivity index (χ2n) is 8.73. The Hall–Kier alpha value is -3.09. The van der Waals surface area contributed by atoms with E-state index in [9.17, 15) is 14.0 Å². The highest BCUT2D eigenvalue weighted by Crippen LogP contribution is 2.52. The second kappa shape index (κ2) is 7.55. The summed E-state index contributed by atoms with van der Waals surface area (Å²) in [7, 11) is 1.58. The molecule has 2 N–H and O–H groups in total. The molecule has 7 heteroatoms. The molecule has 0 unspecified atom stereocenters. The van der Waals surface area contributed by atoms with E-state index in [1.807, 2.05) is 0 Å². The van der Waals surface area contributed by atoms with Crippen molar-refractivity contribution in [1.29, 1.82) is 0 Å². The average molecular weight is 424 g/mol. The van der Waals surface area contributed by atoms with Crippen molar-refractivity contribution in [3.8, 4) is 11.5 Å². The lowest BCUT2D eigenvalue weighted by Crippen LogP contribution is -2.66. The van der Waals surface area contributed by atoms with Gasteiger partial charge in [0.05, 0.1) is 12.7 Å². The summed E-state index contributed by atoms with van der Waals surface area (Å²) in [4.78, 5) is 25.7. The smallest absolute Gasteiger partial charge is 0.258 e. The van der Waals surface area contributed by atoms with Crippen LogP contribution in [0.3, 0.4) is 0 Å². The van der Waals surface area contributed by atoms with Crippen LogP contribution in [0, 0.1) is 23.6 Å². The molecular weight excluding hydrogens is 399 g/mol. The number of hydrogen-bond donors (Lipinski definition) is 2. The molecule has 2 bridgehead atoms. The van der Waals surface area contributed by atoms with Crippen molar-refractivity contribution in [2.24, 2.45) is 17.8 Å². The van der Waals surface area contributed by atoms with Crippen LogP contribution in [-0.4, -0.2) is 24.6 Å². The molecule has 0 radical (unpaired) electrons. The third-order valence-electron chi connectivity index (χ3n) is 6.99. The van der Waals surface area contributed by atoms with E-state index in [-0.39, 0.29) is 35.4 Å². The first kappa shape index (κ1) is 19.8. The maximum absolute atomic E-state index is 13.1. The first-order valence-corrected chi connectivity index (χ1v) is 10.7. The zero-order valence-corrected chi connectivity index (χ0v) is 17.3. The first-order valence-electron chi connectivity index (χ1n) is 10.7. The highest BCUT2D eigenvalue weighted by Gasteiger charge is 2.57. The molecule has 1 heterocycles. The average Bonchev–Trinajstić information content (AvgIpc) is 2.78. The number of amides is 2. The molecule has 6 nitrogen and oxygen atoms in total. The molecule has 2 amide bonds. The summed E-state index contributed by atoms with van der Waals surface area (Å²) >= 11 is 0. The molecular formula is C24H25FN2O4. The predicted octanol–water partition coefficient (Wildman–Crippen LogP) is 3.41. The maximum Gasteiger partial charge on any atom is 0.258 e. The van der Waals surface area contributed by atoms with Crippen molar-refractivity contribution in [1.82, 2.24) is 10.6 Å². The fourth-order valence-electron chi connectivity index (χ4n) is 5.36. The second-order valence-corrected chi connectivity index (χ2v) is 8.73. The summed E-state index contributed by atoms with van der Waals surface area (Å²) in [5.41, 5.74) is 0.592. The van der Waals surface area contributed by atoms with Crippen LogP contribution in [0.5, 0.6) is 11.5 Å². The van der Waals surface area contributed by atoms with E-state index in [0.717, 1.165) is 18.4 Å². The van der Waals surface area contributed by atoms with Crippen molar-refractivity contribution in [3.05, 3.63) is 59.4 Å². The number of fused-ring (bicyclic) bond motifs is 3. The van der Waals surface area contributed by atoms with Gasteiger partial charge in [0.25, 0.3) is 5.91 Å². The Balaban J connectivity index is 1.30. The number of ether oxygens (including phenoxy) is 2. The fourth-order valence-corrected chi connectivity index (χ4v) is 5.36. The third-order valence-corrected chi connectivity index (χ3v) is 6.99. The number of hydrogen-bond acceptors (Lipinski definition) is 4. The molecule has 0 aromatic heterocycles. The zero-order chi connectivity index (χ0) is 21.6. The summed E-state index contributed by atoms with van der Waals surface area (Å²) in [6.45, 7) is 0.374. The van der Waals surface area contributed by atoms with Gasteiger partial charge in [0, 0.05) is 30.9 Å². The normalized spacial score (nSPS) is 28.5. The van der Waals surface area contributed by atoms with Crippen LogP contribution < -0.4 is 20.1 Å². The molecule has 1 aliphatic heterocycles. The quantitative estimate of drug-likeness (QED) is 0.789. The topological polar surface area (TPSA) is 76.7 Å². The van der Waals surface area contributed by atoms with Gasteiger partial charge in [0.2, 0.25) is 5.91 Å². The summed E-state index contributed by atoms with van der Waals surface area (Å²) in [5, 5.41) is 6.11. The minimum Gasteiger partial charge on any atom is -0.497 e. The minimum atomic E-state index is -0.771. The van der Waals surface area contributed by atoms with Crippen LogP contribution in [0.2, 0.25) is 0 Å². The third kappa shape index (κ3) is 3.52. The Labute approximate surface area is 180 Å². The van der Waals surface area contributed by atoms with Gasteiger partial charge in [-0.2, -0.15) is 0 Å². The standard InChI is InChI=1S/C24H25FN2O4/c1-30-18-8-9-19-21(11-18)31-24(27-23(19)29)12-15-4-5-16(24)10-20(15)22(28)26-13-14-2-6-17(25)7-3-14/h2-3,6-9,11,15-16,20H,4-5,10,12-13H2,1H3,(H,26,28)(H,27,29)/t15-,16-,20+,24-/m1/s1. The molecule has 2 aromatic carbocycles. The van der Waals surface area contributed by atoms with Gasteiger partial charge in [0.15, 0.2) is 5.72 Å². The SMILES string of the molecule is COc1ccc2c(c1)O[C@@]1(C[C@H]3CC[C@@H]1C[C@@H]3C(=O)NCc1ccc(F)cc1)NC2=O. The van der Waals surface area contributed by atoms with E-state index >= 15 is 0 Å². The van der Waals surface area contributed by atoms with Crippen LogP contribution in [0.4, 0.5) is 4.39 Å². The van der Waals surface area contributed by atoms with E-state index in [2.05, 4.69) is 10.6 Å². The molecule has 0 saturated heterocycles. The van der Waals surface area contributed by atoms with Crippen LogP contribution >= 0.6 is 0 Å². The van der Waals surface area contributed by atoms with Gasteiger partial charge >= 0.3 is 0 Å². The van der Waals surface area contributed by atoms with E-state index < -0.39 is 5.72 Å². The lowest BCUT2D eigenvalue weighted by Gasteiger charge is -2.55. The Kier molecular flexibility index (Phi) is 4.84. The summed E-state index contributed by atoms with van der Waals surface area (Å²) in [6.07, 6.45) is 3.12. The number of nitrogens with one attached hydrogen (secondary N) is 2. The van der Waals surface area contributed by atoms with Gasteiger partial charge in [-0.25, -0.2) is 4.39 Å². The minimum absolute atomic E-state index is 0.0121. The van der Waals surface area contributed by atoms with Crippen LogP contribution in [0.25, 0.3) is 0 Å².